The second-order valence-corrected chi connectivity index (χ2v) is 7.75. The van der Waals surface area contributed by atoms with E-state index in [1.807, 2.05) is 6.92 Å². The van der Waals surface area contributed by atoms with Gasteiger partial charge in [-0.05, 0) is 68.7 Å². The van der Waals surface area contributed by atoms with E-state index in [0.29, 0.717) is 29.1 Å². The maximum atomic E-state index is 12.6. The van der Waals surface area contributed by atoms with Crippen LogP contribution in [0.15, 0.2) is 11.0 Å². The van der Waals surface area contributed by atoms with Crippen LogP contribution in [-0.2, 0) is 10.0 Å². The molecule has 1 saturated carbocycles. The number of hydrogen-bond donors (Lipinski definition) is 3. The van der Waals surface area contributed by atoms with Gasteiger partial charge in [-0.15, -0.1) is 0 Å². The SMILES string of the molecule is Cc1cc(N)c(C)c(S(=O)(=O)NCC2CCC(O)C2)c1C. The average Bonchev–Trinajstić information content (AvgIpc) is 2.80. The van der Waals surface area contributed by atoms with Crippen LogP contribution in [0.2, 0.25) is 0 Å². The van der Waals surface area contributed by atoms with E-state index >= 15 is 0 Å². The maximum Gasteiger partial charge on any atom is 0.241 e. The van der Waals surface area contributed by atoms with Gasteiger partial charge in [-0.25, -0.2) is 13.1 Å². The number of benzene rings is 1. The smallest absolute Gasteiger partial charge is 0.241 e. The first-order valence-electron chi connectivity index (χ1n) is 7.26. The lowest BCUT2D eigenvalue weighted by atomic mass is 10.1. The van der Waals surface area contributed by atoms with Crippen LogP contribution in [-0.4, -0.2) is 26.2 Å². The molecule has 2 rings (SSSR count). The van der Waals surface area contributed by atoms with Crippen molar-refractivity contribution in [3.8, 4) is 0 Å². The van der Waals surface area contributed by atoms with E-state index in [4.69, 9.17) is 5.73 Å². The Balaban J connectivity index is 2.24. The Morgan fingerprint density at radius 3 is 2.52 bits per heavy atom. The lowest BCUT2D eigenvalue weighted by Gasteiger charge is -2.17. The third-order valence-corrected chi connectivity index (χ3v) is 6.12. The van der Waals surface area contributed by atoms with Crippen molar-refractivity contribution in [3.63, 3.8) is 0 Å². The first kappa shape index (κ1) is 16.3. The number of nitrogens with two attached hydrogens (primary N) is 1. The Hall–Kier alpha value is -1.11. The molecule has 0 bridgehead atoms. The standard InChI is InChI=1S/C15H24N2O3S/c1-9-6-14(16)11(3)15(10(9)2)21(19,20)17-8-12-4-5-13(18)7-12/h6,12-13,17-18H,4-5,7-8,16H2,1-3H3. The van der Waals surface area contributed by atoms with Crippen LogP contribution < -0.4 is 10.5 Å². The second kappa shape index (κ2) is 5.94. The molecule has 1 aliphatic carbocycles. The lowest BCUT2D eigenvalue weighted by molar-refractivity contribution is 0.178. The van der Waals surface area contributed by atoms with Crippen LogP contribution in [0.4, 0.5) is 5.69 Å². The zero-order valence-corrected chi connectivity index (χ0v) is 13.6. The van der Waals surface area contributed by atoms with Crippen molar-refractivity contribution >= 4 is 15.7 Å². The summed E-state index contributed by atoms with van der Waals surface area (Å²) in [7, 11) is -3.58. The molecule has 1 aliphatic rings. The maximum absolute atomic E-state index is 12.6. The highest BCUT2D eigenvalue weighted by molar-refractivity contribution is 7.89. The average molecular weight is 312 g/mol. The quantitative estimate of drug-likeness (QED) is 0.737. The van der Waals surface area contributed by atoms with Gasteiger partial charge in [-0.2, -0.15) is 0 Å². The van der Waals surface area contributed by atoms with Gasteiger partial charge in [0.05, 0.1) is 11.0 Å². The number of aliphatic hydroxyl groups is 1. The highest BCUT2D eigenvalue weighted by Gasteiger charge is 2.27. The third kappa shape index (κ3) is 3.39. The van der Waals surface area contributed by atoms with E-state index in [2.05, 4.69) is 4.72 Å². The highest BCUT2D eigenvalue weighted by atomic mass is 32.2. The van der Waals surface area contributed by atoms with Gasteiger partial charge in [0.1, 0.15) is 0 Å². The minimum Gasteiger partial charge on any atom is -0.398 e. The van der Waals surface area contributed by atoms with Gasteiger partial charge in [-0.3, -0.25) is 0 Å². The molecular formula is C15H24N2O3S. The summed E-state index contributed by atoms with van der Waals surface area (Å²) in [4.78, 5) is 0.290. The molecular weight excluding hydrogens is 288 g/mol. The molecule has 0 heterocycles. The molecule has 21 heavy (non-hydrogen) atoms. The van der Waals surface area contributed by atoms with Crippen LogP contribution >= 0.6 is 0 Å². The summed E-state index contributed by atoms with van der Waals surface area (Å²) >= 11 is 0. The number of hydrogen-bond acceptors (Lipinski definition) is 4. The van der Waals surface area contributed by atoms with Gasteiger partial charge in [-0.1, -0.05) is 0 Å². The van der Waals surface area contributed by atoms with Gasteiger partial charge in [0.25, 0.3) is 0 Å². The van der Waals surface area contributed by atoms with Gasteiger partial charge in [0.15, 0.2) is 0 Å². The normalized spacial score (nSPS) is 22.7. The molecule has 0 aromatic heterocycles. The van der Waals surface area contributed by atoms with Crippen molar-refractivity contribution in [2.24, 2.45) is 5.92 Å². The van der Waals surface area contributed by atoms with Crippen molar-refractivity contribution in [2.75, 3.05) is 12.3 Å². The molecule has 0 radical (unpaired) electrons. The van der Waals surface area contributed by atoms with Crippen molar-refractivity contribution in [2.45, 2.75) is 51.0 Å². The van der Waals surface area contributed by atoms with E-state index in [-0.39, 0.29) is 12.0 Å². The summed E-state index contributed by atoms with van der Waals surface area (Å²) in [5.41, 5.74) is 8.59. The van der Waals surface area contributed by atoms with E-state index < -0.39 is 10.0 Å². The molecule has 6 heteroatoms. The lowest BCUT2D eigenvalue weighted by Crippen LogP contribution is -2.30. The molecule has 2 atom stereocenters. The highest BCUT2D eigenvalue weighted by Crippen LogP contribution is 2.29. The fourth-order valence-corrected chi connectivity index (χ4v) is 4.66. The minimum absolute atomic E-state index is 0.206. The number of aliphatic hydroxyl groups excluding tert-OH is 1. The molecule has 0 spiro atoms. The summed E-state index contributed by atoms with van der Waals surface area (Å²) in [6, 6.07) is 1.80. The fraction of sp³-hybridized carbons (Fsp3) is 0.600. The Morgan fingerprint density at radius 1 is 1.29 bits per heavy atom. The monoisotopic (exact) mass is 312 g/mol. The van der Waals surface area contributed by atoms with Crippen LogP contribution in [0.25, 0.3) is 0 Å². The number of sulfonamides is 1. The summed E-state index contributed by atoms with van der Waals surface area (Å²) < 4.78 is 27.9. The summed E-state index contributed by atoms with van der Waals surface area (Å²) in [5, 5.41) is 9.51. The van der Waals surface area contributed by atoms with Crippen LogP contribution in [0.3, 0.4) is 0 Å². The molecule has 1 aromatic carbocycles. The van der Waals surface area contributed by atoms with Gasteiger partial charge < -0.3 is 10.8 Å². The molecule has 0 saturated heterocycles. The summed E-state index contributed by atoms with van der Waals surface area (Å²) in [5.74, 6) is 0.206. The molecule has 1 fully saturated rings. The Labute approximate surface area is 126 Å². The number of aryl methyl sites for hydroxylation is 1. The molecule has 2 unspecified atom stereocenters. The number of nitrogens with one attached hydrogen (secondary N) is 1. The van der Waals surface area contributed by atoms with Crippen LogP contribution in [0.1, 0.15) is 36.0 Å². The molecule has 0 amide bonds. The number of anilines is 1. The first-order chi connectivity index (χ1) is 9.72. The molecule has 0 aliphatic heterocycles. The molecule has 4 N–H and O–H groups in total. The Morgan fingerprint density at radius 2 is 1.95 bits per heavy atom. The summed E-state index contributed by atoms with van der Waals surface area (Å²) in [6.45, 7) is 5.76. The van der Waals surface area contributed by atoms with Gasteiger partial charge in [0, 0.05) is 12.2 Å². The van der Waals surface area contributed by atoms with E-state index in [9.17, 15) is 13.5 Å². The first-order valence-corrected chi connectivity index (χ1v) is 8.74. The van der Waals surface area contributed by atoms with Crippen molar-refractivity contribution in [1.29, 1.82) is 0 Å². The predicted octanol–water partition coefficient (Wildman–Crippen LogP) is 1.63. The van der Waals surface area contributed by atoms with Gasteiger partial charge in [0.2, 0.25) is 10.0 Å². The Kier molecular flexibility index (Phi) is 4.60. The minimum atomic E-state index is -3.58. The second-order valence-electron chi connectivity index (χ2n) is 6.05. The van der Waals surface area contributed by atoms with Crippen LogP contribution in [0, 0.1) is 26.7 Å². The molecule has 1 aromatic rings. The third-order valence-electron chi connectivity index (χ3n) is 4.42. The molecule has 118 valence electrons. The topological polar surface area (TPSA) is 92.4 Å². The molecule has 5 nitrogen and oxygen atoms in total. The largest absolute Gasteiger partial charge is 0.398 e. The predicted molar refractivity (Wildman–Crippen MR) is 83.6 cm³/mol. The van der Waals surface area contributed by atoms with Crippen LogP contribution in [0.5, 0.6) is 0 Å². The Bertz CT molecular complexity index is 615. The summed E-state index contributed by atoms with van der Waals surface area (Å²) in [6.07, 6.45) is 1.98. The van der Waals surface area contributed by atoms with Crippen molar-refractivity contribution in [3.05, 3.63) is 22.8 Å². The van der Waals surface area contributed by atoms with Gasteiger partial charge >= 0.3 is 0 Å². The van der Waals surface area contributed by atoms with Crippen molar-refractivity contribution < 1.29 is 13.5 Å². The zero-order chi connectivity index (χ0) is 15.8. The van der Waals surface area contributed by atoms with E-state index in [1.165, 1.54) is 0 Å². The van der Waals surface area contributed by atoms with Crippen molar-refractivity contribution in [1.82, 2.24) is 4.72 Å². The zero-order valence-electron chi connectivity index (χ0n) is 12.8. The number of rotatable bonds is 4. The van der Waals surface area contributed by atoms with E-state index in [0.717, 1.165) is 24.0 Å². The van der Waals surface area contributed by atoms with E-state index in [1.54, 1.807) is 19.9 Å². The number of nitrogen functional groups attached to an aromatic ring is 1. The fourth-order valence-electron chi connectivity index (χ4n) is 2.98.